The van der Waals surface area contributed by atoms with Crippen LogP contribution in [0.25, 0.3) is 5.65 Å². The Morgan fingerprint density at radius 3 is 2.81 bits per heavy atom. The molecule has 1 N–H and O–H groups in total. The van der Waals surface area contributed by atoms with E-state index in [9.17, 15) is 9.90 Å². The summed E-state index contributed by atoms with van der Waals surface area (Å²) in [5.41, 5.74) is 2.27. The summed E-state index contributed by atoms with van der Waals surface area (Å²) in [6, 6.07) is 3.58. The van der Waals surface area contributed by atoms with Crippen LogP contribution in [0.5, 0.6) is 0 Å². The summed E-state index contributed by atoms with van der Waals surface area (Å²) in [4.78, 5) is 16.9. The standard InChI is InChI=1S/C15H18ClN3O2/c16-11-4-5-14-17-12(8-15(20)21)13(19(14)9-11)10-18-6-2-1-3-7-18/h4-5,9H,1-3,6-8,10H2,(H,20,21). The number of piperidine rings is 1. The molecule has 2 aromatic rings. The van der Waals surface area contributed by atoms with E-state index in [1.165, 1.54) is 24.2 Å². The molecule has 0 aliphatic carbocycles. The summed E-state index contributed by atoms with van der Waals surface area (Å²) in [6.45, 7) is 3.03. The first-order valence-corrected chi connectivity index (χ1v) is 7.70. The lowest BCUT2D eigenvalue weighted by Gasteiger charge is -2.23. The van der Waals surface area contributed by atoms with Crippen LogP contribution in [0.3, 0.4) is 0 Å². The van der Waals surface area contributed by atoms with Crippen LogP contribution >= 0.6 is 11.6 Å². The SMILES string of the molecule is O=C([O-])Cc1nc2ccc(Cl)cn2c1C[NH+]1CCCCC1. The van der Waals surface area contributed by atoms with Gasteiger partial charge in [0.25, 0.3) is 0 Å². The van der Waals surface area contributed by atoms with Gasteiger partial charge in [0.2, 0.25) is 0 Å². The van der Waals surface area contributed by atoms with E-state index in [-0.39, 0.29) is 6.42 Å². The molecule has 21 heavy (non-hydrogen) atoms. The fraction of sp³-hybridized carbons (Fsp3) is 0.467. The Morgan fingerprint density at radius 2 is 2.10 bits per heavy atom. The lowest BCUT2D eigenvalue weighted by molar-refractivity contribution is -0.918. The summed E-state index contributed by atoms with van der Waals surface area (Å²) in [5.74, 6) is -1.10. The number of aromatic nitrogens is 2. The minimum atomic E-state index is -1.10. The maximum atomic E-state index is 11.0. The van der Waals surface area contributed by atoms with E-state index < -0.39 is 5.97 Å². The van der Waals surface area contributed by atoms with Gasteiger partial charge in [-0.25, -0.2) is 4.98 Å². The zero-order valence-electron chi connectivity index (χ0n) is 11.8. The Kier molecular flexibility index (Phi) is 4.12. The van der Waals surface area contributed by atoms with Crippen LogP contribution in [0.15, 0.2) is 18.3 Å². The van der Waals surface area contributed by atoms with Gasteiger partial charge in [0.15, 0.2) is 0 Å². The molecule has 0 aromatic carbocycles. The van der Waals surface area contributed by atoms with Gasteiger partial charge < -0.3 is 14.8 Å². The number of carboxylic acid groups (broad SMARTS) is 1. The first-order valence-electron chi connectivity index (χ1n) is 7.32. The average molecular weight is 308 g/mol. The summed E-state index contributed by atoms with van der Waals surface area (Å²) < 4.78 is 1.92. The van der Waals surface area contributed by atoms with Crippen molar-refractivity contribution in [3.63, 3.8) is 0 Å². The van der Waals surface area contributed by atoms with Gasteiger partial charge in [0.1, 0.15) is 17.9 Å². The minimum absolute atomic E-state index is 0.151. The predicted octanol–water partition coefficient (Wildman–Crippen LogP) is -0.151. The Labute approximate surface area is 128 Å². The number of carboxylic acids is 1. The molecule has 6 heteroatoms. The Hall–Kier alpha value is -1.59. The van der Waals surface area contributed by atoms with E-state index in [0.717, 1.165) is 31.0 Å². The molecule has 3 heterocycles. The Morgan fingerprint density at radius 1 is 1.33 bits per heavy atom. The molecule has 0 atom stereocenters. The fourth-order valence-corrected chi connectivity index (χ4v) is 3.21. The predicted molar refractivity (Wildman–Crippen MR) is 77.2 cm³/mol. The fourth-order valence-electron chi connectivity index (χ4n) is 3.05. The van der Waals surface area contributed by atoms with Crippen LogP contribution in [-0.2, 0) is 17.8 Å². The highest BCUT2D eigenvalue weighted by Gasteiger charge is 2.20. The number of quaternary nitrogens is 1. The number of carbonyl (C=O) groups excluding carboxylic acids is 1. The van der Waals surface area contributed by atoms with Gasteiger partial charge in [-0.2, -0.15) is 0 Å². The van der Waals surface area contributed by atoms with Crippen molar-refractivity contribution < 1.29 is 14.8 Å². The van der Waals surface area contributed by atoms with Crippen molar-refractivity contribution in [3.8, 4) is 0 Å². The first-order chi connectivity index (χ1) is 10.1. The van der Waals surface area contributed by atoms with Gasteiger partial charge in [-0.05, 0) is 31.4 Å². The van der Waals surface area contributed by atoms with Crippen molar-refractivity contribution in [2.45, 2.75) is 32.2 Å². The molecular weight excluding hydrogens is 290 g/mol. The van der Waals surface area contributed by atoms with E-state index in [2.05, 4.69) is 4.98 Å². The van der Waals surface area contributed by atoms with Crippen molar-refractivity contribution in [2.75, 3.05) is 13.1 Å². The summed E-state index contributed by atoms with van der Waals surface area (Å²) in [6.07, 6.45) is 5.39. The number of hydrogen-bond acceptors (Lipinski definition) is 3. The Balaban J connectivity index is 1.98. The average Bonchev–Trinajstić information content (AvgIpc) is 2.77. The molecule has 0 radical (unpaired) electrons. The van der Waals surface area contributed by atoms with Crippen molar-refractivity contribution in [1.82, 2.24) is 9.38 Å². The number of nitrogens with one attached hydrogen (secondary N) is 1. The summed E-state index contributed by atoms with van der Waals surface area (Å²) in [5, 5.41) is 11.6. The topological polar surface area (TPSA) is 61.9 Å². The van der Waals surface area contributed by atoms with Crippen molar-refractivity contribution in [2.24, 2.45) is 0 Å². The third-order valence-corrected chi connectivity index (χ3v) is 4.28. The molecule has 2 aromatic heterocycles. The van der Waals surface area contributed by atoms with E-state index in [0.29, 0.717) is 10.7 Å². The highest BCUT2D eigenvalue weighted by atomic mass is 35.5. The zero-order valence-corrected chi connectivity index (χ0v) is 12.5. The molecule has 0 spiro atoms. The molecule has 0 bridgehead atoms. The molecule has 0 amide bonds. The second-order valence-electron chi connectivity index (χ2n) is 5.62. The second-order valence-corrected chi connectivity index (χ2v) is 6.05. The number of imidazole rings is 1. The van der Waals surface area contributed by atoms with E-state index in [4.69, 9.17) is 11.6 Å². The monoisotopic (exact) mass is 307 g/mol. The number of likely N-dealkylation sites (tertiary alicyclic amines) is 1. The normalized spacial score (nSPS) is 16.4. The van der Waals surface area contributed by atoms with Gasteiger partial charge >= 0.3 is 0 Å². The van der Waals surface area contributed by atoms with Gasteiger partial charge in [0, 0.05) is 18.6 Å². The molecule has 3 rings (SSSR count). The second kappa shape index (κ2) is 6.03. The largest absolute Gasteiger partial charge is 0.550 e. The highest BCUT2D eigenvalue weighted by Crippen LogP contribution is 2.17. The van der Waals surface area contributed by atoms with Crippen LogP contribution in [0.1, 0.15) is 30.7 Å². The molecule has 5 nitrogen and oxygen atoms in total. The lowest BCUT2D eigenvalue weighted by atomic mass is 10.1. The molecule has 1 fully saturated rings. The molecule has 1 aliphatic rings. The third kappa shape index (κ3) is 3.19. The van der Waals surface area contributed by atoms with Crippen LogP contribution in [0.4, 0.5) is 0 Å². The van der Waals surface area contributed by atoms with Gasteiger partial charge in [-0.3, -0.25) is 4.40 Å². The van der Waals surface area contributed by atoms with Crippen molar-refractivity contribution in [3.05, 3.63) is 34.7 Å². The highest BCUT2D eigenvalue weighted by molar-refractivity contribution is 6.30. The molecule has 0 saturated carbocycles. The molecule has 0 unspecified atom stereocenters. The molecular formula is C15H18ClN3O2. The number of nitrogens with zero attached hydrogens (tertiary/aromatic N) is 2. The lowest BCUT2D eigenvalue weighted by Crippen LogP contribution is -3.11. The number of carbonyl (C=O) groups is 1. The number of fused-ring (bicyclic) bond motifs is 1. The number of pyridine rings is 1. The maximum Gasteiger partial charge on any atom is 0.137 e. The van der Waals surface area contributed by atoms with E-state index in [1.54, 1.807) is 12.3 Å². The van der Waals surface area contributed by atoms with Gasteiger partial charge in [-0.1, -0.05) is 11.6 Å². The van der Waals surface area contributed by atoms with Gasteiger partial charge in [-0.15, -0.1) is 0 Å². The zero-order chi connectivity index (χ0) is 14.8. The van der Waals surface area contributed by atoms with Crippen LogP contribution in [0, 0.1) is 0 Å². The first kappa shape index (κ1) is 14.4. The van der Waals surface area contributed by atoms with Crippen LogP contribution in [0.2, 0.25) is 5.02 Å². The minimum Gasteiger partial charge on any atom is -0.550 e. The molecule has 112 valence electrons. The van der Waals surface area contributed by atoms with E-state index >= 15 is 0 Å². The number of aliphatic carboxylic acids is 1. The summed E-state index contributed by atoms with van der Waals surface area (Å²) in [7, 11) is 0. The van der Waals surface area contributed by atoms with Crippen molar-refractivity contribution >= 4 is 23.2 Å². The van der Waals surface area contributed by atoms with Gasteiger partial charge in [0.05, 0.1) is 23.8 Å². The number of rotatable bonds is 4. The third-order valence-electron chi connectivity index (χ3n) is 4.05. The van der Waals surface area contributed by atoms with Crippen molar-refractivity contribution in [1.29, 1.82) is 0 Å². The Bertz CT molecular complexity index is 662. The summed E-state index contributed by atoms with van der Waals surface area (Å²) >= 11 is 6.06. The van der Waals surface area contributed by atoms with Crippen LogP contribution in [-0.4, -0.2) is 28.4 Å². The van der Waals surface area contributed by atoms with E-state index in [1.807, 2.05) is 10.5 Å². The number of hydrogen-bond donors (Lipinski definition) is 1. The molecule has 1 saturated heterocycles. The smallest absolute Gasteiger partial charge is 0.137 e. The quantitative estimate of drug-likeness (QED) is 0.854. The number of halogens is 1. The van der Waals surface area contributed by atoms with Crippen LogP contribution < -0.4 is 10.0 Å². The maximum absolute atomic E-state index is 11.0. The molecule has 1 aliphatic heterocycles.